The first-order valence-corrected chi connectivity index (χ1v) is 9.68. The van der Waals surface area contributed by atoms with Crippen molar-refractivity contribution in [1.29, 1.82) is 0 Å². The maximum absolute atomic E-state index is 13.3. The Bertz CT molecular complexity index is 895. The number of nitrogens with one attached hydrogen (secondary N) is 1. The normalized spacial score (nSPS) is 25.9. The van der Waals surface area contributed by atoms with Gasteiger partial charge in [-0.1, -0.05) is 30.3 Å². The van der Waals surface area contributed by atoms with Gasteiger partial charge >= 0.3 is 0 Å². The number of fused-ring (bicyclic) bond motifs is 1. The standard InChI is InChI=1S/C21H26N4O2/c1-21-11-7-13-25(17(21)10-6-12-24(21)2)20(27)16-14-18(26)23-19(22-16)15-8-4-3-5-9-15/h3-5,8-9,14,17H,6-7,10-13H2,1-2H3,(H,22,23,26)/t17-,21-/m0/s1. The van der Waals surface area contributed by atoms with Crippen LogP contribution >= 0.6 is 0 Å². The maximum atomic E-state index is 13.3. The van der Waals surface area contributed by atoms with E-state index in [2.05, 4.69) is 28.8 Å². The topological polar surface area (TPSA) is 69.3 Å². The molecule has 0 aliphatic carbocycles. The van der Waals surface area contributed by atoms with E-state index < -0.39 is 0 Å². The molecule has 1 amide bonds. The number of carbonyl (C=O) groups is 1. The number of aromatic amines is 1. The van der Waals surface area contributed by atoms with Crippen LogP contribution < -0.4 is 5.56 Å². The van der Waals surface area contributed by atoms with Crippen LogP contribution in [0.15, 0.2) is 41.2 Å². The minimum atomic E-state index is -0.298. The number of hydrogen-bond donors (Lipinski definition) is 1. The van der Waals surface area contributed by atoms with Crippen molar-refractivity contribution >= 4 is 5.91 Å². The zero-order chi connectivity index (χ0) is 19.0. The van der Waals surface area contributed by atoms with Gasteiger partial charge in [0.25, 0.3) is 11.5 Å². The van der Waals surface area contributed by atoms with Crippen LogP contribution in [-0.2, 0) is 0 Å². The Morgan fingerprint density at radius 2 is 2.00 bits per heavy atom. The summed E-state index contributed by atoms with van der Waals surface area (Å²) in [6.07, 6.45) is 4.15. The molecule has 2 saturated heterocycles. The van der Waals surface area contributed by atoms with Gasteiger partial charge < -0.3 is 9.88 Å². The van der Waals surface area contributed by atoms with Crippen molar-refractivity contribution < 1.29 is 4.79 Å². The van der Waals surface area contributed by atoms with Crippen LogP contribution in [0.5, 0.6) is 0 Å². The lowest BCUT2D eigenvalue weighted by atomic mass is 9.76. The fourth-order valence-electron chi connectivity index (χ4n) is 4.64. The SMILES string of the molecule is CN1CCC[C@@H]2N(C(=O)c3cc(=O)[nH]c(-c4ccccc4)n3)CCC[C@@]21C. The molecule has 27 heavy (non-hydrogen) atoms. The summed E-state index contributed by atoms with van der Waals surface area (Å²) in [5.74, 6) is 0.302. The highest BCUT2D eigenvalue weighted by Crippen LogP contribution is 2.38. The van der Waals surface area contributed by atoms with E-state index in [0.29, 0.717) is 5.82 Å². The number of H-pyrrole nitrogens is 1. The minimum Gasteiger partial charge on any atom is -0.332 e. The molecule has 0 unspecified atom stereocenters. The van der Waals surface area contributed by atoms with Gasteiger partial charge in [0.1, 0.15) is 11.5 Å². The summed E-state index contributed by atoms with van der Waals surface area (Å²) in [5.41, 5.74) is 0.725. The van der Waals surface area contributed by atoms with E-state index in [1.54, 1.807) is 0 Å². The second-order valence-corrected chi connectivity index (χ2v) is 7.88. The van der Waals surface area contributed by atoms with E-state index in [4.69, 9.17) is 0 Å². The average Bonchev–Trinajstić information content (AvgIpc) is 2.68. The zero-order valence-corrected chi connectivity index (χ0v) is 15.9. The first-order valence-electron chi connectivity index (χ1n) is 9.68. The van der Waals surface area contributed by atoms with Gasteiger partial charge in [-0.15, -0.1) is 0 Å². The fourth-order valence-corrected chi connectivity index (χ4v) is 4.64. The molecule has 4 rings (SSSR count). The monoisotopic (exact) mass is 366 g/mol. The Hall–Kier alpha value is -2.47. The number of carbonyl (C=O) groups excluding carboxylic acids is 1. The molecule has 2 aliphatic heterocycles. The third kappa shape index (κ3) is 3.18. The highest BCUT2D eigenvalue weighted by Gasteiger charge is 2.47. The molecule has 142 valence electrons. The summed E-state index contributed by atoms with van der Waals surface area (Å²) >= 11 is 0. The molecule has 0 bridgehead atoms. The number of rotatable bonds is 2. The molecule has 2 aromatic rings. The van der Waals surface area contributed by atoms with E-state index >= 15 is 0 Å². The molecule has 2 aliphatic rings. The molecule has 3 heterocycles. The fraction of sp³-hybridized carbons (Fsp3) is 0.476. The van der Waals surface area contributed by atoms with Gasteiger partial charge in [-0.25, -0.2) is 4.98 Å². The molecule has 2 fully saturated rings. The van der Waals surface area contributed by atoms with Crippen molar-refractivity contribution in [2.24, 2.45) is 0 Å². The lowest BCUT2D eigenvalue weighted by molar-refractivity contribution is -0.0349. The molecule has 1 N–H and O–H groups in total. The van der Waals surface area contributed by atoms with Crippen LogP contribution in [0.2, 0.25) is 0 Å². The number of aromatic nitrogens is 2. The van der Waals surface area contributed by atoms with E-state index in [9.17, 15) is 9.59 Å². The van der Waals surface area contributed by atoms with E-state index in [1.165, 1.54) is 6.07 Å². The van der Waals surface area contributed by atoms with Gasteiger partial charge in [-0.05, 0) is 46.2 Å². The molecule has 1 aromatic heterocycles. The molecule has 0 spiro atoms. The summed E-state index contributed by atoms with van der Waals surface area (Å²) in [6, 6.07) is 10.9. The molecule has 0 saturated carbocycles. The Labute approximate surface area is 159 Å². The largest absolute Gasteiger partial charge is 0.332 e. The van der Waals surface area contributed by atoms with Gasteiger partial charge in [0, 0.05) is 23.7 Å². The number of likely N-dealkylation sites (N-methyl/N-ethyl adjacent to an activating group) is 1. The Balaban J connectivity index is 1.68. The van der Waals surface area contributed by atoms with Gasteiger partial charge in [-0.2, -0.15) is 0 Å². The molecule has 0 radical (unpaired) electrons. The third-order valence-corrected chi connectivity index (χ3v) is 6.29. The second kappa shape index (κ2) is 6.93. The Morgan fingerprint density at radius 1 is 1.22 bits per heavy atom. The van der Waals surface area contributed by atoms with E-state index in [-0.39, 0.29) is 28.7 Å². The first-order chi connectivity index (χ1) is 13.0. The number of piperidine rings is 2. The number of likely N-dealkylation sites (tertiary alicyclic amines) is 2. The van der Waals surface area contributed by atoms with Crippen LogP contribution in [0.4, 0.5) is 0 Å². The second-order valence-electron chi connectivity index (χ2n) is 7.88. The quantitative estimate of drug-likeness (QED) is 0.887. The third-order valence-electron chi connectivity index (χ3n) is 6.29. The summed E-state index contributed by atoms with van der Waals surface area (Å²) in [6.45, 7) is 4.05. The van der Waals surface area contributed by atoms with Crippen LogP contribution in [0.3, 0.4) is 0 Å². The highest BCUT2D eigenvalue weighted by molar-refractivity contribution is 5.93. The number of hydrogen-bond acceptors (Lipinski definition) is 4. The van der Waals surface area contributed by atoms with Gasteiger partial charge in [0.15, 0.2) is 0 Å². The number of amides is 1. The summed E-state index contributed by atoms with van der Waals surface area (Å²) in [4.78, 5) is 37.1. The summed E-state index contributed by atoms with van der Waals surface area (Å²) in [7, 11) is 2.15. The summed E-state index contributed by atoms with van der Waals surface area (Å²) in [5, 5.41) is 0. The molecule has 6 nitrogen and oxygen atoms in total. The van der Waals surface area contributed by atoms with Gasteiger partial charge in [0.2, 0.25) is 0 Å². The van der Waals surface area contributed by atoms with Crippen molar-refractivity contribution in [1.82, 2.24) is 19.8 Å². The van der Waals surface area contributed by atoms with Crippen LogP contribution in [0, 0.1) is 0 Å². The van der Waals surface area contributed by atoms with E-state index in [1.807, 2.05) is 35.2 Å². The van der Waals surface area contributed by atoms with Crippen molar-refractivity contribution in [3.8, 4) is 11.4 Å². The molecule has 1 aromatic carbocycles. The highest BCUT2D eigenvalue weighted by atomic mass is 16.2. The minimum absolute atomic E-state index is 0.00435. The van der Waals surface area contributed by atoms with Crippen molar-refractivity contribution in [3.05, 3.63) is 52.4 Å². The van der Waals surface area contributed by atoms with Crippen LogP contribution in [0.1, 0.15) is 43.1 Å². The van der Waals surface area contributed by atoms with E-state index in [0.717, 1.165) is 44.3 Å². The Kier molecular flexibility index (Phi) is 4.60. The average molecular weight is 366 g/mol. The molecular weight excluding hydrogens is 340 g/mol. The maximum Gasteiger partial charge on any atom is 0.273 e. The van der Waals surface area contributed by atoms with Gasteiger partial charge in [-0.3, -0.25) is 14.5 Å². The van der Waals surface area contributed by atoms with Crippen molar-refractivity contribution in [2.75, 3.05) is 20.1 Å². The predicted molar refractivity (Wildman–Crippen MR) is 105 cm³/mol. The van der Waals surface area contributed by atoms with Crippen molar-refractivity contribution in [2.45, 2.75) is 44.2 Å². The first kappa shape index (κ1) is 17.9. The van der Waals surface area contributed by atoms with Crippen molar-refractivity contribution in [3.63, 3.8) is 0 Å². The lowest BCUT2D eigenvalue weighted by Gasteiger charge is -2.55. The molecule has 2 atom stereocenters. The molecular formula is C21H26N4O2. The van der Waals surface area contributed by atoms with Crippen LogP contribution in [0.25, 0.3) is 11.4 Å². The Morgan fingerprint density at radius 3 is 2.78 bits per heavy atom. The smallest absolute Gasteiger partial charge is 0.273 e. The number of nitrogens with zero attached hydrogens (tertiary/aromatic N) is 3. The summed E-state index contributed by atoms with van der Waals surface area (Å²) < 4.78 is 0. The lowest BCUT2D eigenvalue weighted by Crippen LogP contribution is -2.66. The number of benzene rings is 1. The van der Waals surface area contributed by atoms with Crippen LogP contribution in [-0.4, -0.2) is 57.4 Å². The predicted octanol–water partition coefficient (Wildman–Crippen LogP) is 2.53. The molecule has 6 heteroatoms. The van der Waals surface area contributed by atoms with Gasteiger partial charge in [0.05, 0.1) is 6.04 Å². The zero-order valence-electron chi connectivity index (χ0n) is 15.9.